The predicted octanol–water partition coefficient (Wildman–Crippen LogP) is 0.830. The third kappa shape index (κ3) is 3.21. The molecule has 3 rings (SSSR count). The van der Waals surface area contributed by atoms with Crippen molar-refractivity contribution < 1.29 is 9.47 Å². The SMILES string of the molecule is c1cn2nc(OCCCN3CCOCC3)ccc2n1. The highest BCUT2D eigenvalue weighted by Gasteiger charge is 2.09. The molecule has 19 heavy (non-hydrogen) atoms. The highest BCUT2D eigenvalue weighted by molar-refractivity contribution is 5.37. The van der Waals surface area contributed by atoms with Crippen LogP contribution in [0.25, 0.3) is 5.65 Å². The first kappa shape index (κ1) is 12.4. The summed E-state index contributed by atoms with van der Waals surface area (Å²) >= 11 is 0. The number of imidazole rings is 1. The van der Waals surface area contributed by atoms with Gasteiger partial charge < -0.3 is 9.47 Å². The average molecular weight is 262 g/mol. The van der Waals surface area contributed by atoms with E-state index in [1.165, 1.54) is 0 Å². The maximum absolute atomic E-state index is 5.66. The van der Waals surface area contributed by atoms with Crippen LogP contribution in [0.5, 0.6) is 5.88 Å². The van der Waals surface area contributed by atoms with E-state index in [0.29, 0.717) is 12.5 Å². The summed E-state index contributed by atoms with van der Waals surface area (Å²) in [7, 11) is 0. The van der Waals surface area contributed by atoms with Gasteiger partial charge in [-0.05, 0) is 12.5 Å². The minimum Gasteiger partial charge on any atom is -0.477 e. The minimum atomic E-state index is 0.646. The second kappa shape index (κ2) is 5.99. The number of morpholine rings is 1. The average Bonchev–Trinajstić information content (AvgIpc) is 2.92. The maximum atomic E-state index is 5.66. The Morgan fingerprint density at radius 3 is 3.05 bits per heavy atom. The first-order valence-corrected chi connectivity index (χ1v) is 6.65. The smallest absolute Gasteiger partial charge is 0.231 e. The summed E-state index contributed by atoms with van der Waals surface area (Å²) in [4.78, 5) is 6.55. The molecular formula is C13H18N4O2. The zero-order valence-corrected chi connectivity index (χ0v) is 10.9. The van der Waals surface area contributed by atoms with Crippen LogP contribution in [0.3, 0.4) is 0 Å². The fourth-order valence-corrected chi connectivity index (χ4v) is 2.16. The summed E-state index contributed by atoms with van der Waals surface area (Å²) in [5.41, 5.74) is 0.834. The lowest BCUT2D eigenvalue weighted by molar-refractivity contribution is 0.0357. The molecule has 2 aromatic heterocycles. The van der Waals surface area contributed by atoms with Crippen LogP contribution in [0.1, 0.15) is 6.42 Å². The number of ether oxygens (including phenoxy) is 2. The number of aromatic nitrogens is 3. The quantitative estimate of drug-likeness (QED) is 0.747. The number of fused-ring (bicyclic) bond motifs is 1. The van der Waals surface area contributed by atoms with Crippen LogP contribution in [-0.4, -0.2) is 59.0 Å². The molecule has 1 aliphatic rings. The lowest BCUT2D eigenvalue weighted by Gasteiger charge is -2.26. The van der Waals surface area contributed by atoms with Gasteiger partial charge >= 0.3 is 0 Å². The summed E-state index contributed by atoms with van der Waals surface area (Å²) in [5, 5.41) is 4.32. The van der Waals surface area contributed by atoms with Crippen LogP contribution < -0.4 is 4.74 Å². The van der Waals surface area contributed by atoms with Gasteiger partial charge in [-0.25, -0.2) is 9.50 Å². The Labute approximate surface area is 111 Å². The van der Waals surface area contributed by atoms with E-state index in [9.17, 15) is 0 Å². The molecular weight excluding hydrogens is 244 g/mol. The lowest BCUT2D eigenvalue weighted by Crippen LogP contribution is -2.37. The third-order valence-electron chi connectivity index (χ3n) is 3.20. The Kier molecular flexibility index (Phi) is 3.90. The van der Waals surface area contributed by atoms with Gasteiger partial charge in [-0.15, -0.1) is 5.10 Å². The Morgan fingerprint density at radius 2 is 2.16 bits per heavy atom. The van der Waals surface area contributed by atoms with Crippen molar-refractivity contribution in [3.05, 3.63) is 24.5 Å². The molecule has 102 valence electrons. The molecule has 0 atom stereocenters. The summed E-state index contributed by atoms with van der Waals surface area (Å²) in [5.74, 6) is 0.646. The van der Waals surface area contributed by atoms with Crippen molar-refractivity contribution in [2.75, 3.05) is 39.5 Å². The van der Waals surface area contributed by atoms with E-state index >= 15 is 0 Å². The highest BCUT2D eigenvalue weighted by atomic mass is 16.5. The zero-order valence-electron chi connectivity index (χ0n) is 10.9. The number of nitrogens with zero attached hydrogens (tertiary/aromatic N) is 4. The van der Waals surface area contributed by atoms with E-state index in [-0.39, 0.29) is 0 Å². The topological polar surface area (TPSA) is 51.9 Å². The molecule has 3 heterocycles. The molecule has 1 aliphatic heterocycles. The lowest BCUT2D eigenvalue weighted by atomic mass is 10.3. The fraction of sp³-hybridized carbons (Fsp3) is 0.538. The normalized spacial score (nSPS) is 16.8. The van der Waals surface area contributed by atoms with Gasteiger partial charge in [0, 0.05) is 38.1 Å². The van der Waals surface area contributed by atoms with Gasteiger partial charge in [0.05, 0.1) is 19.8 Å². The van der Waals surface area contributed by atoms with Crippen molar-refractivity contribution in [1.82, 2.24) is 19.5 Å². The summed E-state index contributed by atoms with van der Waals surface area (Å²) < 4.78 is 12.7. The van der Waals surface area contributed by atoms with Crippen LogP contribution in [0, 0.1) is 0 Å². The van der Waals surface area contributed by atoms with Crippen LogP contribution in [0.2, 0.25) is 0 Å². The largest absolute Gasteiger partial charge is 0.477 e. The van der Waals surface area contributed by atoms with E-state index < -0.39 is 0 Å². The molecule has 0 bridgehead atoms. The van der Waals surface area contributed by atoms with E-state index in [2.05, 4.69) is 15.0 Å². The van der Waals surface area contributed by atoms with E-state index in [1.807, 2.05) is 18.3 Å². The summed E-state index contributed by atoms with van der Waals surface area (Å²) in [6.45, 7) is 5.49. The van der Waals surface area contributed by atoms with Crippen molar-refractivity contribution in [3.8, 4) is 5.88 Å². The molecule has 0 aromatic carbocycles. The van der Waals surface area contributed by atoms with Crippen molar-refractivity contribution in [3.63, 3.8) is 0 Å². The van der Waals surface area contributed by atoms with Crippen LogP contribution in [0.4, 0.5) is 0 Å². The van der Waals surface area contributed by atoms with Gasteiger partial charge in [-0.1, -0.05) is 0 Å². The summed E-state index contributed by atoms with van der Waals surface area (Å²) in [6, 6.07) is 3.77. The van der Waals surface area contributed by atoms with Crippen molar-refractivity contribution in [1.29, 1.82) is 0 Å². The van der Waals surface area contributed by atoms with Gasteiger partial charge in [0.2, 0.25) is 5.88 Å². The van der Waals surface area contributed by atoms with Crippen LogP contribution >= 0.6 is 0 Å². The highest BCUT2D eigenvalue weighted by Crippen LogP contribution is 2.08. The van der Waals surface area contributed by atoms with Crippen molar-refractivity contribution in [2.24, 2.45) is 0 Å². The first-order chi connectivity index (χ1) is 9.42. The van der Waals surface area contributed by atoms with Gasteiger partial charge in [-0.2, -0.15) is 0 Å². The molecule has 0 saturated carbocycles. The van der Waals surface area contributed by atoms with Crippen molar-refractivity contribution in [2.45, 2.75) is 6.42 Å². The van der Waals surface area contributed by atoms with Gasteiger partial charge in [0.1, 0.15) is 0 Å². The molecule has 0 amide bonds. The Balaban J connectivity index is 1.43. The first-order valence-electron chi connectivity index (χ1n) is 6.65. The second-order valence-electron chi connectivity index (χ2n) is 4.56. The molecule has 0 aliphatic carbocycles. The zero-order chi connectivity index (χ0) is 12.9. The van der Waals surface area contributed by atoms with Crippen LogP contribution in [-0.2, 0) is 4.74 Å². The fourth-order valence-electron chi connectivity index (χ4n) is 2.16. The Hall–Kier alpha value is -1.66. The monoisotopic (exact) mass is 262 g/mol. The van der Waals surface area contributed by atoms with E-state index in [1.54, 1.807) is 10.7 Å². The third-order valence-corrected chi connectivity index (χ3v) is 3.20. The second-order valence-corrected chi connectivity index (χ2v) is 4.56. The molecule has 0 N–H and O–H groups in total. The standard InChI is InChI=1S/C13H18N4O2/c1(5-16-7-10-18-11-8-16)9-19-13-3-2-12-14-4-6-17(12)15-13/h2-4,6H,1,5,7-11H2. The number of hydrogen-bond donors (Lipinski definition) is 0. The Morgan fingerprint density at radius 1 is 1.26 bits per heavy atom. The van der Waals surface area contributed by atoms with Crippen molar-refractivity contribution >= 4 is 5.65 Å². The van der Waals surface area contributed by atoms with E-state index in [0.717, 1.165) is 44.9 Å². The predicted molar refractivity (Wildman–Crippen MR) is 70.4 cm³/mol. The number of rotatable bonds is 5. The molecule has 2 aromatic rings. The van der Waals surface area contributed by atoms with Gasteiger partial charge in [0.15, 0.2) is 5.65 Å². The summed E-state index contributed by atoms with van der Waals surface area (Å²) in [6.07, 6.45) is 4.55. The molecule has 1 saturated heterocycles. The molecule has 6 nitrogen and oxygen atoms in total. The maximum Gasteiger partial charge on any atom is 0.231 e. The van der Waals surface area contributed by atoms with Crippen LogP contribution in [0.15, 0.2) is 24.5 Å². The molecule has 1 fully saturated rings. The van der Waals surface area contributed by atoms with E-state index in [4.69, 9.17) is 9.47 Å². The Bertz CT molecular complexity index is 522. The molecule has 6 heteroatoms. The van der Waals surface area contributed by atoms with Gasteiger partial charge in [0.25, 0.3) is 0 Å². The van der Waals surface area contributed by atoms with Gasteiger partial charge in [-0.3, -0.25) is 4.90 Å². The molecule has 0 unspecified atom stereocenters. The molecule has 0 radical (unpaired) electrons. The number of hydrogen-bond acceptors (Lipinski definition) is 5. The minimum absolute atomic E-state index is 0.646. The molecule has 0 spiro atoms.